The minimum absolute atomic E-state index is 0.219. The molecule has 0 aromatic carbocycles. The van der Waals surface area contributed by atoms with Crippen molar-refractivity contribution in [2.45, 2.75) is 19.9 Å². The highest BCUT2D eigenvalue weighted by molar-refractivity contribution is 7.91. The zero-order valence-corrected chi connectivity index (χ0v) is 9.59. The summed E-state index contributed by atoms with van der Waals surface area (Å²) >= 11 is 0. The Hall–Kier alpha value is -0.880. The second-order valence-corrected chi connectivity index (χ2v) is 5.73. The van der Waals surface area contributed by atoms with Crippen molar-refractivity contribution in [1.82, 2.24) is 10.5 Å². The van der Waals surface area contributed by atoms with E-state index < -0.39 is 9.84 Å². The van der Waals surface area contributed by atoms with Gasteiger partial charge in [-0.1, -0.05) is 12.1 Å². The molecule has 1 aromatic rings. The molecule has 5 nitrogen and oxygen atoms in total. The van der Waals surface area contributed by atoms with Crippen LogP contribution in [-0.2, 0) is 16.4 Å². The summed E-state index contributed by atoms with van der Waals surface area (Å²) in [5.41, 5.74) is 0.827. The molecular weight excluding hydrogens is 216 g/mol. The minimum atomic E-state index is -2.83. The van der Waals surface area contributed by atoms with Crippen LogP contribution >= 0.6 is 0 Å². The number of nitrogens with zero attached hydrogens (tertiary/aromatic N) is 1. The van der Waals surface area contributed by atoms with Gasteiger partial charge >= 0.3 is 0 Å². The summed E-state index contributed by atoms with van der Waals surface area (Å²) in [6, 6.07) is 1.77. The fourth-order valence-corrected chi connectivity index (χ4v) is 1.98. The first-order chi connectivity index (χ1) is 7.14. The first kappa shape index (κ1) is 12.2. The Kier molecular flexibility index (Phi) is 4.77. The second kappa shape index (κ2) is 5.87. The van der Waals surface area contributed by atoms with Gasteiger partial charge in [-0.15, -0.1) is 0 Å². The maximum Gasteiger partial charge on any atom is 0.150 e. The normalized spacial score (nSPS) is 11.8. The van der Waals surface area contributed by atoms with Gasteiger partial charge in [0.2, 0.25) is 0 Å². The molecule has 0 aliphatic heterocycles. The molecule has 0 saturated carbocycles. The number of rotatable bonds is 7. The molecule has 0 fully saturated rings. The molecule has 0 bridgehead atoms. The molecule has 0 atom stereocenters. The maximum absolute atomic E-state index is 11.1. The number of nitrogens with one attached hydrogen (secondary N) is 1. The predicted molar refractivity (Wildman–Crippen MR) is 57.2 cm³/mol. The lowest BCUT2D eigenvalue weighted by Gasteiger charge is -2.02. The van der Waals surface area contributed by atoms with Crippen molar-refractivity contribution < 1.29 is 12.9 Å². The van der Waals surface area contributed by atoms with E-state index in [2.05, 4.69) is 15.0 Å². The molecule has 0 aliphatic rings. The van der Waals surface area contributed by atoms with Crippen LogP contribution < -0.4 is 5.32 Å². The molecule has 0 saturated heterocycles. The van der Waals surface area contributed by atoms with E-state index in [0.717, 1.165) is 5.69 Å². The molecule has 15 heavy (non-hydrogen) atoms. The van der Waals surface area contributed by atoms with Crippen molar-refractivity contribution in [2.75, 3.05) is 18.1 Å². The van der Waals surface area contributed by atoms with Gasteiger partial charge in [0.05, 0.1) is 11.4 Å². The Morgan fingerprint density at radius 2 is 2.33 bits per heavy atom. The third-order valence-electron chi connectivity index (χ3n) is 2.05. The summed E-state index contributed by atoms with van der Waals surface area (Å²) in [5, 5.41) is 6.82. The van der Waals surface area contributed by atoms with Gasteiger partial charge in [0.25, 0.3) is 0 Å². The Labute approximate surface area is 89.8 Å². The Bertz CT molecular complexity index is 359. The summed E-state index contributed by atoms with van der Waals surface area (Å²) < 4.78 is 26.9. The van der Waals surface area contributed by atoms with Crippen LogP contribution in [0, 0.1) is 0 Å². The van der Waals surface area contributed by atoms with E-state index in [-0.39, 0.29) is 11.5 Å². The van der Waals surface area contributed by atoms with Gasteiger partial charge < -0.3 is 9.84 Å². The zero-order chi connectivity index (χ0) is 11.1. The molecule has 0 amide bonds. The predicted octanol–water partition coefficient (Wildman–Crippen LogP) is 0.589. The first-order valence-electron chi connectivity index (χ1n) is 4.94. The number of hydrogen-bond acceptors (Lipinski definition) is 5. The van der Waals surface area contributed by atoms with Gasteiger partial charge in [0.15, 0.2) is 0 Å². The fraction of sp³-hybridized carbons (Fsp3) is 0.667. The molecular formula is C9H16N2O3S. The smallest absolute Gasteiger partial charge is 0.150 e. The van der Waals surface area contributed by atoms with Crippen LogP contribution in [-0.4, -0.2) is 31.6 Å². The summed E-state index contributed by atoms with van der Waals surface area (Å²) in [6.07, 6.45) is 2.15. The molecule has 0 radical (unpaired) electrons. The van der Waals surface area contributed by atoms with Gasteiger partial charge in [0, 0.05) is 18.4 Å². The monoisotopic (exact) mass is 232 g/mol. The Morgan fingerprint density at radius 3 is 2.93 bits per heavy atom. The highest BCUT2D eigenvalue weighted by atomic mass is 32.2. The lowest BCUT2D eigenvalue weighted by molar-refractivity contribution is 0.408. The number of sulfone groups is 1. The van der Waals surface area contributed by atoms with Crippen LogP contribution in [0.3, 0.4) is 0 Å². The first-order valence-corrected chi connectivity index (χ1v) is 6.76. The van der Waals surface area contributed by atoms with Gasteiger partial charge in [-0.25, -0.2) is 8.42 Å². The molecule has 1 rings (SSSR count). The van der Waals surface area contributed by atoms with Crippen molar-refractivity contribution in [3.63, 3.8) is 0 Å². The van der Waals surface area contributed by atoms with Crippen LogP contribution in [0.1, 0.15) is 19.0 Å². The van der Waals surface area contributed by atoms with Crippen LogP contribution in [0.15, 0.2) is 16.9 Å². The summed E-state index contributed by atoms with van der Waals surface area (Å²) in [5.74, 6) is 0.464. The fourth-order valence-electron chi connectivity index (χ4n) is 1.11. The van der Waals surface area contributed by atoms with E-state index >= 15 is 0 Å². The average Bonchev–Trinajstić information content (AvgIpc) is 2.70. The molecule has 1 N–H and O–H groups in total. The zero-order valence-electron chi connectivity index (χ0n) is 8.77. The number of aromatic nitrogens is 1. The summed E-state index contributed by atoms with van der Waals surface area (Å²) in [6.45, 7) is 2.95. The largest absolute Gasteiger partial charge is 0.364 e. The molecule has 6 heteroatoms. The molecule has 1 aromatic heterocycles. The lowest BCUT2D eigenvalue weighted by Crippen LogP contribution is -2.19. The van der Waals surface area contributed by atoms with E-state index in [1.165, 1.54) is 6.26 Å². The topological polar surface area (TPSA) is 72.2 Å². The molecule has 0 unspecified atom stereocenters. The van der Waals surface area contributed by atoms with E-state index in [1.807, 2.05) is 0 Å². The molecule has 0 aliphatic carbocycles. The molecule has 0 spiro atoms. The molecule has 86 valence electrons. The Balaban J connectivity index is 2.08. The van der Waals surface area contributed by atoms with Crippen molar-refractivity contribution >= 4 is 9.84 Å². The van der Waals surface area contributed by atoms with E-state index in [4.69, 9.17) is 0 Å². The van der Waals surface area contributed by atoms with E-state index in [1.54, 1.807) is 13.0 Å². The van der Waals surface area contributed by atoms with Crippen LogP contribution in [0.5, 0.6) is 0 Å². The molecule has 1 heterocycles. The summed E-state index contributed by atoms with van der Waals surface area (Å²) in [4.78, 5) is 0. The Morgan fingerprint density at radius 1 is 1.53 bits per heavy atom. The van der Waals surface area contributed by atoms with Crippen LogP contribution in [0.2, 0.25) is 0 Å². The average molecular weight is 232 g/mol. The van der Waals surface area contributed by atoms with Crippen LogP contribution in [0.4, 0.5) is 0 Å². The van der Waals surface area contributed by atoms with Crippen LogP contribution in [0.25, 0.3) is 0 Å². The third kappa shape index (κ3) is 4.94. The number of hydrogen-bond donors (Lipinski definition) is 1. The van der Waals surface area contributed by atoms with Crippen molar-refractivity contribution in [1.29, 1.82) is 0 Å². The van der Waals surface area contributed by atoms with Crippen molar-refractivity contribution in [2.24, 2.45) is 0 Å². The van der Waals surface area contributed by atoms with E-state index in [9.17, 15) is 8.42 Å². The minimum Gasteiger partial charge on any atom is -0.364 e. The van der Waals surface area contributed by atoms with Gasteiger partial charge in [-0.3, -0.25) is 0 Å². The lowest BCUT2D eigenvalue weighted by atomic mass is 10.4. The van der Waals surface area contributed by atoms with Crippen molar-refractivity contribution in [3.05, 3.63) is 18.0 Å². The second-order valence-electron chi connectivity index (χ2n) is 3.26. The van der Waals surface area contributed by atoms with Gasteiger partial charge in [-0.2, -0.15) is 0 Å². The van der Waals surface area contributed by atoms with Crippen molar-refractivity contribution in [3.8, 4) is 0 Å². The van der Waals surface area contributed by atoms with E-state index in [0.29, 0.717) is 19.5 Å². The highest BCUT2D eigenvalue weighted by Crippen LogP contribution is 1.95. The highest BCUT2D eigenvalue weighted by Gasteiger charge is 2.05. The quantitative estimate of drug-likeness (QED) is 0.696. The van der Waals surface area contributed by atoms with Gasteiger partial charge in [0.1, 0.15) is 16.1 Å². The summed E-state index contributed by atoms with van der Waals surface area (Å²) in [7, 11) is -2.83. The maximum atomic E-state index is 11.1. The standard InChI is InChI=1S/C9H16N2O3S/c1-2-15(12,13)7-3-5-10-8-9-4-6-14-11-9/h4,6,10H,2-3,5,7-8H2,1H3. The SMILES string of the molecule is CCS(=O)(=O)CCCNCc1ccon1. The van der Waals surface area contributed by atoms with Gasteiger partial charge in [-0.05, 0) is 13.0 Å². The third-order valence-corrected chi connectivity index (χ3v) is 3.84.